The molecule has 168 valence electrons. The Hall–Kier alpha value is -3.58. The average Bonchev–Trinajstić information content (AvgIpc) is 2.83. The van der Waals surface area contributed by atoms with Crippen LogP contribution in [0.25, 0.3) is 10.8 Å². The van der Waals surface area contributed by atoms with Crippen molar-refractivity contribution >= 4 is 51.7 Å². The van der Waals surface area contributed by atoms with E-state index in [0.29, 0.717) is 18.5 Å². The Morgan fingerprint density at radius 3 is 2.42 bits per heavy atom. The van der Waals surface area contributed by atoms with Crippen molar-refractivity contribution in [3.05, 3.63) is 78.9 Å². The van der Waals surface area contributed by atoms with Crippen LogP contribution >= 0.6 is 11.8 Å². The van der Waals surface area contributed by atoms with Crippen molar-refractivity contribution in [3.63, 3.8) is 0 Å². The molecule has 1 aliphatic carbocycles. The van der Waals surface area contributed by atoms with Crippen molar-refractivity contribution < 1.29 is 19.5 Å². The predicted octanol–water partition coefficient (Wildman–Crippen LogP) is 5.18. The summed E-state index contributed by atoms with van der Waals surface area (Å²) >= 11 is 1.37. The number of aliphatic carboxylic acids is 1. The first kappa shape index (κ1) is 22.6. The fourth-order valence-corrected chi connectivity index (χ4v) is 4.70. The summed E-state index contributed by atoms with van der Waals surface area (Å²) in [5, 5.41) is 17.2. The zero-order valence-electron chi connectivity index (χ0n) is 17.9. The van der Waals surface area contributed by atoms with Gasteiger partial charge in [0.2, 0.25) is 11.8 Å². The number of benzene rings is 3. The van der Waals surface area contributed by atoms with Crippen LogP contribution in [0.15, 0.2) is 83.8 Å². The average molecular weight is 461 g/mol. The summed E-state index contributed by atoms with van der Waals surface area (Å²) < 4.78 is 0. The van der Waals surface area contributed by atoms with Gasteiger partial charge in [0, 0.05) is 21.7 Å². The van der Waals surface area contributed by atoms with Crippen LogP contribution in [0.1, 0.15) is 12.8 Å². The highest BCUT2D eigenvalue weighted by molar-refractivity contribution is 8.00. The van der Waals surface area contributed by atoms with E-state index < -0.39 is 17.8 Å². The molecule has 0 saturated carbocycles. The number of hydrogen-bond donors (Lipinski definition) is 3. The molecule has 0 aromatic heterocycles. The third-order valence-electron chi connectivity index (χ3n) is 5.62. The number of carbonyl (C=O) groups excluding carboxylic acids is 2. The minimum absolute atomic E-state index is 0.121. The second-order valence-electron chi connectivity index (χ2n) is 7.87. The molecule has 7 heteroatoms. The predicted molar refractivity (Wildman–Crippen MR) is 131 cm³/mol. The van der Waals surface area contributed by atoms with Crippen LogP contribution in [-0.2, 0) is 14.4 Å². The number of fused-ring (bicyclic) bond motifs is 1. The molecule has 1 aliphatic rings. The molecule has 3 aromatic carbocycles. The molecular formula is C26H24N2O4S. The Kier molecular flexibility index (Phi) is 7.10. The molecule has 2 unspecified atom stereocenters. The lowest BCUT2D eigenvalue weighted by atomic mass is 9.82. The van der Waals surface area contributed by atoms with E-state index in [1.807, 2.05) is 60.7 Å². The van der Waals surface area contributed by atoms with E-state index in [4.69, 9.17) is 0 Å². The maximum Gasteiger partial charge on any atom is 0.307 e. The molecule has 3 aromatic rings. The van der Waals surface area contributed by atoms with Gasteiger partial charge in [-0.05, 0) is 42.5 Å². The van der Waals surface area contributed by atoms with Crippen LogP contribution < -0.4 is 10.6 Å². The largest absolute Gasteiger partial charge is 0.481 e. The first-order valence-electron chi connectivity index (χ1n) is 10.7. The van der Waals surface area contributed by atoms with Crippen molar-refractivity contribution in [2.45, 2.75) is 17.7 Å². The summed E-state index contributed by atoms with van der Waals surface area (Å²) in [5.74, 6) is -2.48. The number of allylic oxidation sites excluding steroid dienone is 2. The number of amides is 2. The fraction of sp³-hybridized carbons (Fsp3) is 0.192. The molecule has 3 N–H and O–H groups in total. The zero-order valence-corrected chi connectivity index (χ0v) is 18.7. The number of thioether (sulfide) groups is 1. The lowest BCUT2D eigenvalue weighted by Gasteiger charge is -2.24. The van der Waals surface area contributed by atoms with Gasteiger partial charge in [0.25, 0.3) is 0 Å². The summed E-state index contributed by atoms with van der Waals surface area (Å²) in [7, 11) is 0. The molecule has 0 saturated heterocycles. The minimum atomic E-state index is -0.957. The Bertz CT molecular complexity index is 1220. The highest BCUT2D eigenvalue weighted by Gasteiger charge is 2.33. The van der Waals surface area contributed by atoms with Crippen molar-refractivity contribution in [2.24, 2.45) is 11.8 Å². The number of nitrogens with one attached hydrogen (secondary N) is 2. The molecule has 0 aliphatic heterocycles. The molecule has 0 fully saturated rings. The summed E-state index contributed by atoms with van der Waals surface area (Å²) in [6.45, 7) is 0. The van der Waals surface area contributed by atoms with Crippen LogP contribution in [0.2, 0.25) is 0 Å². The zero-order chi connectivity index (χ0) is 23.2. The minimum Gasteiger partial charge on any atom is -0.481 e. The Morgan fingerprint density at radius 1 is 0.879 bits per heavy atom. The number of carboxylic acids is 1. The molecule has 0 radical (unpaired) electrons. The Balaban J connectivity index is 1.36. The second-order valence-corrected chi connectivity index (χ2v) is 8.92. The maximum atomic E-state index is 12.7. The number of carbonyl (C=O) groups is 3. The molecule has 6 nitrogen and oxygen atoms in total. The summed E-state index contributed by atoms with van der Waals surface area (Å²) in [5.41, 5.74) is 1.35. The molecule has 2 amide bonds. The topological polar surface area (TPSA) is 95.5 Å². The molecule has 33 heavy (non-hydrogen) atoms. The number of carboxylic acid groups (broad SMARTS) is 1. The normalized spacial score (nSPS) is 17.5. The first-order chi connectivity index (χ1) is 16.0. The summed E-state index contributed by atoms with van der Waals surface area (Å²) in [6, 6.07) is 20.9. The van der Waals surface area contributed by atoms with Gasteiger partial charge in [0.15, 0.2) is 0 Å². The number of hydrogen-bond acceptors (Lipinski definition) is 4. The van der Waals surface area contributed by atoms with E-state index in [-0.39, 0.29) is 17.6 Å². The van der Waals surface area contributed by atoms with Gasteiger partial charge in [0.05, 0.1) is 17.6 Å². The smallest absolute Gasteiger partial charge is 0.307 e. The molecule has 0 bridgehead atoms. The second kappa shape index (κ2) is 10.4. The molecule has 2 atom stereocenters. The van der Waals surface area contributed by atoms with Gasteiger partial charge < -0.3 is 15.7 Å². The van der Waals surface area contributed by atoms with Crippen molar-refractivity contribution in [3.8, 4) is 0 Å². The van der Waals surface area contributed by atoms with E-state index in [1.165, 1.54) is 11.8 Å². The van der Waals surface area contributed by atoms with Gasteiger partial charge in [-0.3, -0.25) is 14.4 Å². The maximum absolute atomic E-state index is 12.7. The van der Waals surface area contributed by atoms with E-state index in [2.05, 4.69) is 10.6 Å². The first-order valence-corrected chi connectivity index (χ1v) is 11.7. The molecule has 4 rings (SSSR count). The van der Waals surface area contributed by atoms with Gasteiger partial charge in [-0.1, -0.05) is 54.6 Å². The lowest BCUT2D eigenvalue weighted by molar-refractivity contribution is -0.146. The Labute approximate surface area is 196 Å². The van der Waals surface area contributed by atoms with Crippen molar-refractivity contribution in [1.29, 1.82) is 0 Å². The highest BCUT2D eigenvalue weighted by atomic mass is 32.2. The quantitative estimate of drug-likeness (QED) is 0.334. The molecule has 0 spiro atoms. The third kappa shape index (κ3) is 5.62. The van der Waals surface area contributed by atoms with Crippen molar-refractivity contribution in [2.75, 3.05) is 16.4 Å². The van der Waals surface area contributed by atoms with E-state index >= 15 is 0 Å². The van der Waals surface area contributed by atoms with Crippen LogP contribution in [0.4, 0.5) is 11.4 Å². The van der Waals surface area contributed by atoms with E-state index in [9.17, 15) is 19.5 Å². The number of anilines is 2. The summed E-state index contributed by atoms with van der Waals surface area (Å²) in [6.07, 6.45) is 4.42. The lowest BCUT2D eigenvalue weighted by Crippen LogP contribution is -2.34. The number of rotatable bonds is 7. The Morgan fingerprint density at radius 2 is 1.61 bits per heavy atom. The van der Waals surface area contributed by atoms with Gasteiger partial charge in [-0.25, -0.2) is 0 Å². The fourth-order valence-electron chi connectivity index (χ4n) is 3.95. The standard InChI is InChI=1S/C26H24N2O4S/c29-24(28-23-14-5-8-17-7-1-2-11-20(17)23)16-33-19-10-6-9-18(15-19)27-25(30)21-12-3-4-13-22(21)26(31)32/h1-11,14-15,21-22H,12-13,16H2,(H,27,30)(H,28,29)(H,31,32). The van der Waals surface area contributed by atoms with Crippen molar-refractivity contribution in [1.82, 2.24) is 0 Å². The van der Waals surface area contributed by atoms with Crippen LogP contribution in [0.5, 0.6) is 0 Å². The molecular weight excluding hydrogens is 436 g/mol. The van der Waals surface area contributed by atoms with Gasteiger partial charge >= 0.3 is 5.97 Å². The van der Waals surface area contributed by atoms with Gasteiger partial charge in [-0.15, -0.1) is 11.8 Å². The monoisotopic (exact) mass is 460 g/mol. The van der Waals surface area contributed by atoms with E-state index in [1.54, 1.807) is 18.2 Å². The van der Waals surface area contributed by atoms with Crippen LogP contribution in [0, 0.1) is 11.8 Å². The van der Waals surface area contributed by atoms with Gasteiger partial charge in [-0.2, -0.15) is 0 Å². The van der Waals surface area contributed by atoms with E-state index in [0.717, 1.165) is 21.4 Å². The highest BCUT2D eigenvalue weighted by Crippen LogP contribution is 2.29. The SMILES string of the molecule is O=C(CSc1cccc(NC(=O)C2CC=CCC2C(=O)O)c1)Nc1cccc2ccccc12. The third-order valence-corrected chi connectivity index (χ3v) is 6.62. The van der Waals surface area contributed by atoms with Gasteiger partial charge in [0.1, 0.15) is 0 Å². The van der Waals surface area contributed by atoms with Crippen LogP contribution in [0.3, 0.4) is 0 Å². The molecule has 0 heterocycles. The van der Waals surface area contributed by atoms with Crippen LogP contribution in [-0.4, -0.2) is 28.6 Å². The summed E-state index contributed by atoms with van der Waals surface area (Å²) in [4.78, 5) is 37.5.